The molecule has 0 spiro atoms. The van der Waals surface area contributed by atoms with Crippen LogP contribution in [0.2, 0.25) is 0 Å². The molecule has 4 N–H and O–H groups in total. The topological polar surface area (TPSA) is 322 Å². The van der Waals surface area contributed by atoms with Crippen LogP contribution in [-0.4, -0.2) is 166 Å². The smallest absolute Gasteiger partial charge is 0.335 e. The van der Waals surface area contributed by atoms with Crippen molar-refractivity contribution in [3.63, 3.8) is 0 Å². The van der Waals surface area contributed by atoms with Gasteiger partial charge in [-0.1, -0.05) is 12.1 Å². The van der Waals surface area contributed by atoms with Crippen LogP contribution in [0.15, 0.2) is 46.6 Å². The van der Waals surface area contributed by atoms with Crippen molar-refractivity contribution in [1.82, 2.24) is 0 Å². The largest absolute Gasteiger partial charge is 0.479 e. The predicted octanol–water partition coefficient (Wildman–Crippen LogP) is 3.49. The van der Waals surface area contributed by atoms with Crippen LogP contribution in [0.3, 0.4) is 0 Å². The summed E-state index contributed by atoms with van der Waals surface area (Å²) in [6, 6.07) is 9.94. The summed E-state index contributed by atoms with van der Waals surface area (Å²) < 4.78 is 94.6. The van der Waals surface area contributed by atoms with Gasteiger partial charge in [0.05, 0.1) is 37.8 Å². The van der Waals surface area contributed by atoms with Crippen LogP contribution < -0.4 is 0 Å². The third-order valence-corrected chi connectivity index (χ3v) is 13.1. The van der Waals surface area contributed by atoms with Gasteiger partial charge < -0.3 is 96.2 Å². The summed E-state index contributed by atoms with van der Waals surface area (Å²) in [7, 11) is 0. The molecule has 0 aliphatic carbocycles. The highest BCUT2D eigenvalue weighted by Crippen LogP contribution is 2.43. The van der Waals surface area contributed by atoms with Gasteiger partial charge in [0.15, 0.2) is 72.7 Å². The molecule has 0 saturated carbocycles. The van der Waals surface area contributed by atoms with Crippen LogP contribution in [0.5, 0.6) is 0 Å². The number of benzene rings is 2. The number of hydrogen-bond acceptors (Lipinski definition) is 22. The van der Waals surface area contributed by atoms with E-state index in [2.05, 4.69) is 10.2 Å². The second-order valence-electron chi connectivity index (χ2n) is 20.8. The Morgan fingerprint density at radius 3 is 0.811 bits per heavy atom. The van der Waals surface area contributed by atoms with E-state index in [0.29, 0.717) is 22.3 Å². The molecule has 8 heterocycles. The SMILES string of the molecule is CC1(C)O[C@H]2O[C@H](C(=O)O)[C@H](OCc3cc(CO[C@@H]4[C@H]5OC(C)(C)O[C@H]5O[C@@H]4C(=O)O)cc(N=Nc4cc(CO[C@@H]5[C@H]6OC(C)(C)O[C@H]6O[C@@H]5C(=O)O)cc(CO[C@@H]5[C@H]6OC(C)(C)O[C@H]6O[C@@H]5C(=O)O)c4)c3)[C@H]2O1. The normalized spacial score (nSPS) is 37.8. The van der Waals surface area contributed by atoms with Gasteiger partial charge in [0.1, 0.15) is 48.8 Å². The maximum atomic E-state index is 12.3. The zero-order valence-electron chi connectivity index (χ0n) is 41.4. The zero-order valence-corrected chi connectivity index (χ0v) is 41.4. The van der Waals surface area contributed by atoms with Crippen molar-refractivity contribution in [2.24, 2.45) is 10.2 Å². The first kappa shape index (κ1) is 52.7. The fourth-order valence-electron chi connectivity index (χ4n) is 10.3. The second-order valence-corrected chi connectivity index (χ2v) is 20.8. The van der Waals surface area contributed by atoms with Crippen LogP contribution in [0.4, 0.5) is 11.4 Å². The molecule has 26 nitrogen and oxygen atoms in total. The lowest BCUT2D eigenvalue weighted by molar-refractivity contribution is -0.223. The number of azo groups is 1. The predicted molar refractivity (Wildman–Crippen MR) is 237 cm³/mol. The summed E-state index contributed by atoms with van der Waals surface area (Å²) in [5.74, 6) is -9.42. The third kappa shape index (κ3) is 11.0. The molecule has 8 aliphatic rings. The van der Waals surface area contributed by atoms with Gasteiger partial charge in [-0.15, -0.1) is 0 Å². The van der Waals surface area contributed by atoms with Crippen LogP contribution in [0.25, 0.3) is 0 Å². The molecule has 8 fully saturated rings. The molecule has 0 bridgehead atoms. The number of rotatable bonds is 18. The molecular weight excluding hydrogens is 989 g/mol. The van der Waals surface area contributed by atoms with Gasteiger partial charge in [0.2, 0.25) is 0 Å². The van der Waals surface area contributed by atoms with Crippen LogP contribution in [0, 0.1) is 0 Å². The summed E-state index contributed by atoms with van der Waals surface area (Å²) in [5, 5.41) is 49.3. The lowest BCUT2D eigenvalue weighted by Gasteiger charge is -2.25. The number of carboxylic acid groups (broad SMARTS) is 4. The zero-order chi connectivity index (χ0) is 52.8. The summed E-state index contributed by atoms with van der Waals surface area (Å²) in [6.45, 7) is 12.6. The molecule has 0 unspecified atom stereocenters. The van der Waals surface area contributed by atoms with Gasteiger partial charge in [-0.05, 0) is 102 Å². The molecule has 0 amide bonds. The van der Waals surface area contributed by atoms with Gasteiger partial charge >= 0.3 is 23.9 Å². The Morgan fingerprint density at radius 1 is 0.392 bits per heavy atom. The molecule has 0 aromatic heterocycles. The first-order valence-electron chi connectivity index (χ1n) is 23.9. The second kappa shape index (κ2) is 19.7. The number of aliphatic carboxylic acids is 4. The van der Waals surface area contributed by atoms with Crippen molar-refractivity contribution in [3.05, 3.63) is 58.7 Å². The third-order valence-electron chi connectivity index (χ3n) is 13.1. The van der Waals surface area contributed by atoms with Crippen molar-refractivity contribution < 1.29 is 115 Å². The van der Waals surface area contributed by atoms with E-state index in [1.807, 2.05) is 0 Å². The van der Waals surface area contributed by atoms with E-state index >= 15 is 0 Å². The lowest BCUT2D eigenvalue weighted by atomic mass is 10.1. The molecule has 16 atom stereocenters. The first-order valence-corrected chi connectivity index (χ1v) is 23.9. The molecular formula is C48H58N2O24. The Kier molecular flexibility index (Phi) is 14.0. The maximum Gasteiger partial charge on any atom is 0.335 e. The fourth-order valence-corrected chi connectivity index (χ4v) is 10.3. The molecule has 10 rings (SSSR count). The van der Waals surface area contributed by atoms with Crippen molar-refractivity contribution in [2.45, 2.75) is 203 Å². The molecule has 74 heavy (non-hydrogen) atoms. The van der Waals surface area contributed by atoms with Gasteiger partial charge in [0.25, 0.3) is 0 Å². The van der Waals surface area contributed by atoms with Crippen LogP contribution in [0.1, 0.15) is 77.6 Å². The van der Waals surface area contributed by atoms with Gasteiger partial charge in [0, 0.05) is 0 Å². The van der Waals surface area contributed by atoms with Gasteiger partial charge in [-0.25, -0.2) is 19.2 Å². The number of ether oxygens (including phenoxy) is 16. The van der Waals surface area contributed by atoms with E-state index in [9.17, 15) is 39.6 Å². The van der Waals surface area contributed by atoms with Gasteiger partial charge in [-0.3, -0.25) is 0 Å². The minimum Gasteiger partial charge on any atom is -0.479 e. The standard InChI is InChI=1S/C48H58N2O24/c1-45(2)67-33-25(29(37(51)52)63-41(33)71-45)59-15-19-9-20(16-60-26-30(38(53)54)64-42-34(26)68-46(3,4)72-42)12-23(11-19)49-50-24-13-21(17-61-27-31(39(55)56)65-43-35(27)69-47(5,6)73-43)10-22(14-24)18-62-28-32(40(57)58)66-44-36(28)70-48(7,8)74-44/h9-14,25-36,41-44H,15-18H2,1-8H3,(H,51,52)(H,53,54)(H,55,56)(H,57,58)/t25-,26-,27-,28-,29-,30-,31-,32-,33+,34+,35+,36+,41+,42+,43+,44+/m0/s1. The Balaban J connectivity index is 0.944. The number of nitrogens with zero attached hydrogens (tertiary/aromatic N) is 2. The quantitative estimate of drug-likeness (QED) is 0.155. The maximum absolute atomic E-state index is 12.3. The summed E-state index contributed by atoms with van der Waals surface area (Å²) in [4.78, 5) is 49.2. The molecule has 404 valence electrons. The van der Waals surface area contributed by atoms with E-state index in [1.165, 1.54) is 0 Å². The Bertz CT molecular complexity index is 2210. The number of hydrogen-bond donors (Lipinski definition) is 4. The fraction of sp³-hybridized carbons (Fsp3) is 0.667. The summed E-state index contributed by atoms with van der Waals surface area (Å²) >= 11 is 0. The minimum atomic E-state index is -1.42. The Labute approximate surface area is 422 Å². The highest BCUT2D eigenvalue weighted by atomic mass is 16.9. The Morgan fingerprint density at radius 2 is 0.608 bits per heavy atom. The van der Waals surface area contributed by atoms with E-state index < -0.39 is 145 Å². The monoisotopic (exact) mass is 1050 g/mol. The molecule has 8 saturated heterocycles. The molecule has 0 radical (unpaired) electrons. The number of carbonyl (C=O) groups is 4. The van der Waals surface area contributed by atoms with Crippen LogP contribution >= 0.6 is 0 Å². The Hall–Kier alpha value is -4.72. The average molecular weight is 1050 g/mol. The summed E-state index contributed by atoms with van der Waals surface area (Å²) in [6.07, 6.45) is -17.6. The van der Waals surface area contributed by atoms with Crippen molar-refractivity contribution >= 4 is 35.3 Å². The first-order chi connectivity index (χ1) is 34.8. The van der Waals surface area contributed by atoms with Crippen molar-refractivity contribution in [2.75, 3.05) is 0 Å². The van der Waals surface area contributed by atoms with Gasteiger partial charge in [-0.2, -0.15) is 10.2 Å². The molecule has 26 heteroatoms. The molecule has 8 aliphatic heterocycles. The lowest BCUT2D eigenvalue weighted by Crippen LogP contribution is -2.40. The molecule has 2 aromatic carbocycles. The minimum absolute atomic E-state index is 0.193. The van der Waals surface area contributed by atoms with Crippen LogP contribution in [-0.2, 0) is 121 Å². The summed E-state index contributed by atoms with van der Waals surface area (Å²) in [5.41, 5.74) is 2.37. The molecule has 2 aromatic rings. The average Bonchev–Trinajstić information content (AvgIpc) is 4.17. The van der Waals surface area contributed by atoms with E-state index in [4.69, 9.17) is 75.8 Å². The number of fused-ring (bicyclic) bond motifs is 4. The van der Waals surface area contributed by atoms with E-state index in [1.54, 1.807) is 91.8 Å². The van der Waals surface area contributed by atoms with Crippen molar-refractivity contribution in [1.29, 1.82) is 0 Å². The van der Waals surface area contributed by atoms with Crippen molar-refractivity contribution in [3.8, 4) is 0 Å². The van der Waals surface area contributed by atoms with E-state index in [0.717, 1.165) is 0 Å². The highest BCUT2D eigenvalue weighted by molar-refractivity contribution is 5.75. The number of carboxylic acids is 4. The van der Waals surface area contributed by atoms with E-state index in [-0.39, 0.29) is 37.8 Å². The highest BCUT2D eigenvalue weighted by Gasteiger charge is 2.61.